The van der Waals surface area contributed by atoms with Gasteiger partial charge in [0.2, 0.25) is 0 Å². The number of nitrogens with two attached hydrogens (primary N) is 1. The molecule has 2 N–H and O–H groups in total. The van der Waals surface area contributed by atoms with E-state index in [9.17, 15) is 0 Å². The highest BCUT2D eigenvalue weighted by atomic mass is 32.1. The zero-order chi connectivity index (χ0) is 14.8. The molecule has 0 atom stereocenters. The Kier molecular flexibility index (Phi) is 3.90. The molecule has 1 aromatic carbocycles. The highest BCUT2D eigenvalue weighted by molar-refractivity contribution is 7.09. The maximum absolute atomic E-state index is 5.59. The second kappa shape index (κ2) is 5.83. The van der Waals surface area contributed by atoms with Gasteiger partial charge in [-0.2, -0.15) is 0 Å². The van der Waals surface area contributed by atoms with Gasteiger partial charge < -0.3 is 15.0 Å². The molecule has 2 aromatic heterocycles. The minimum absolute atomic E-state index is 0.619. The maximum atomic E-state index is 5.59. The fraction of sp³-hybridized carbons (Fsp3) is 0.333. The molecule has 0 spiro atoms. The van der Waals surface area contributed by atoms with Crippen LogP contribution >= 0.6 is 11.3 Å². The summed E-state index contributed by atoms with van der Waals surface area (Å²) in [5.74, 6) is 1.72. The molecule has 110 valence electrons. The normalized spacial score (nSPS) is 11.2. The van der Waals surface area contributed by atoms with Crippen LogP contribution in [0.15, 0.2) is 23.6 Å². The molecule has 6 heteroatoms. The van der Waals surface area contributed by atoms with Crippen molar-refractivity contribution in [1.82, 2.24) is 14.5 Å². The average molecular weight is 302 g/mol. The van der Waals surface area contributed by atoms with Gasteiger partial charge >= 0.3 is 0 Å². The number of nitrogens with zero attached hydrogens (tertiary/aromatic N) is 3. The maximum Gasteiger partial charge on any atom is 0.160 e. The number of fused-ring (bicyclic) bond motifs is 1. The van der Waals surface area contributed by atoms with Crippen LogP contribution in [0.3, 0.4) is 0 Å². The van der Waals surface area contributed by atoms with E-state index >= 15 is 0 Å². The summed E-state index contributed by atoms with van der Waals surface area (Å²) in [5, 5.41) is 3.11. The van der Waals surface area contributed by atoms with Crippen molar-refractivity contribution in [2.75, 3.05) is 13.7 Å². The first-order valence-corrected chi connectivity index (χ1v) is 7.84. The molecule has 0 bridgehead atoms. The molecule has 0 saturated heterocycles. The molecule has 0 amide bonds. The molecular formula is C15H18N4OS. The summed E-state index contributed by atoms with van der Waals surface area (Å²) in [5.41, 5.74) is 8.54. The Morgan fingerprint density at radius 1 is 1.33 bits per heavy atom. The van der Waals surface area contributed by atoms with Crippen molar-refractivity contribution in [1.29, 1.82) is 0 Å². The predicted molar refractivity (Wildman–Crippen MR) is 85.8 cm³/mol. The van der Waals surface area contributed by atoms with Gasteiger partial charge in [-0.25, -0.2) is 9.97 Å². The van der Waals surface area contributed by atoms with Crippen LogP contribution in [0, 0.1) is 0 Å². The van der Waals surface area contributed by atoms with Gasteiger partial charge in [-0.05, 0) is 25.6 Å². The Bertz CT molecular complexity index is 762. The molecule has 0 fully saturated rings. The molecule has 0 radical (unpaired) electrons. The van der Waals surface area contributed by atoms with Gasteiger partial charge in [-0.1, -0.05) is 0 Å². The van der Waals surface area contributed by atoms with Gasteiger partial charge in [0.1, 0.15) is 11.4 Å². The lowest BCUT2D eigenvalue weighted by Gasteiger charge is -2.04. The molecule has 0 aliphatic carbocycles. The van der Waals surface area contributed by atoms with Crippen LogP contribution in [-0.2, 0) is 13.0 Å². The van der Waals surface area contributed by atoms with Gasteiger partial charge in [0, 0.05) is 24.4 Å². The van der Waals surface area contributed by atoms with Gasteiger partial charge in [0.05, 0.1) is 23.2 Å². The van der Waals surface area contributed by atoms with E-state index in [-0.39, 0.29) is 0 Å². The lowest BCUT2D eigenvalue weighted by atomic mass is 10.3. The Morgan fingerprint density at radius 2 is 2.19 bits per heavy atom. The van der Waals surface area contributed by atoms with E-state index in [4.69, 9.17) is 15.5 Å². The third-order valence-corrected chi connectivity index (χ3v) is 4.32. The van der Waals surface area contributed by atoms with Gasteiger partial charge in [-0.15, -0.1) is 11.3 Å². The second-order valence-corrected chi connectivity index (χ2v) is 5.64. The summed E-state index contributed by atoms with van der Waals surface area (Å²) in [6.07, 6.45) is 0.810. The molecular weight excluding hydrogens is 284 g/mol. The van der Waals surface area contributed by atoms with Crippen LogP contribution in [0.25, 0.3) is 22.6 Å². The number of hydrogen-bond acceptors (Lipinski definition) is 5. The van der Waals surface area contributed by atoms with E-state index < -0.39 is 0 Å². The Morgan fingerprint density at radius 3 is 2.90 bits per heavy atom. The molecule has 0 aliphatic heterocycles. The van der Waals surface area contributed by atoms with Crippen molar-refractivity contribution in [3.05, 3.63) is 28.6 Å². The number of imidazole rings is 1. The van der Waals surface area contributed by atoms with Gasteiger partial charge in [0.15, 0.2) is 5.82 Å². The Hall–Kier alpha value is -1.92. The van der Waals surface area contributed by atoms with E-state index in [1.54, 1.807) is 18.4 Å². The zero-order valence-corrected chi connectivity index (χ0v) is 13.0. The van der Waals surface area contributed by atoms with Crippen LogP contribution in [0.1, 0.15) is 11.9 Å². The van der Waals surface area contributed by atoms with E-state index in [1.807, 2.05) is 18.2 Å². The smallest absolute Gasteiger partial charge is 0.160 e. The number of aromatic nitrogens is 3. The van der Waals surface area contributed by atoms with Crippen molar-refractivity contribution in [3.63, 3.8) is 0 Å². The van der Waals surface area contributed by atoms with E-state index in [0.717, 1.165) is 46.3 Å². The average Bonchev–Trinajstić information content (AvgIpc) is 3.10. The molecule has 0 unspecified atom stereocenters. The highest BCUT2D eigenvalue weighted by Gasteiger charge is 2.14. The predicted octanol–water partition coefficient (Wildman–Crippen LogP) is 2.69. The quantitative estimate of drug-likeness (QED) is 0.787. The first kappa shape index (κ1) is 14.0. The minimum atomic E-state index is 0.619. The molecule has 21 heavy (non-hydrogen) atoms. The fourth-order valence-corrected chi connectivity index (χ4v) is 3.20. The van der Waals surface area contributed by atoms with Crippen LogP contribution in [0.4, 0.5) is 0 Å². The SMILES string of the molecule is CCn1c(-c2csc(CCN)n2)nc2cc(OC)ccc21. The summed E-state index contributed by atoms with van der Waals surface area (Å²) < 4.78 is 7.45. The monoisotopic (exact) mass is 302 g/mol. The number of ether oxygens (including phenoxy) is 1. The topological polar surface area (TPSA) is 66.0 Å². The summed E-state index contributed by atoms with van der Waals surface area (Å²) in [6, 6.07) is 5.96. The molecule has 3 rings (SSSR count). The van der Waals surface area contributed by atoms with Crippen LogP contribution in [-0.4, -0.2) is 28.2 Å². The number of thiazole rings is 1. The largest absolute Gasteiger partial charge is 0.497 e. The van der Waals surface area contributed by atoms with Crippen molar-refractivity contribution in [3.8, 4) is 17.3 Å². The number of benzene rings is 1. The fourth-order valence-electron chi connectivity index (χ4n) is 2.40. The van der Waals surface area contributed by atoms with Gasteiger partial charge in [0.25, 0.3) is 0 Å². The van der Waals surface area contributed by atoms with Crippen LogP contribution < -0.4 is 10.5 Å². The first-order chi connectivity index (χ1) is 10.3. The molecule has 2 heterocycles. The third kappa shape index (κ3) is 2.52. The van der Waals surface area contributed by atoms with Crippen molar-refractivity contribution in [2.24, 2.45) is 5.73 Å². The lowest BCUT2D eigenvalue weighted by molar-refractivity contribution is 0.415. The van der Waals surface area contributed by atoms with Crippen molar-refractivity contribution in [2.45, 2.75) is 19.9 Å². The van der Waals surface area contributed by atoms with Crippen LogP contribution in [0.2, 0.25) is 0 Å². The number of rotatable bonds is 5. The van der Waals surface area contributed by atoms with Crippen molar-refractivity contribution < 1.29 is 4.74 Å². The van der Waals surface area contributed by atoms with E-state index in [1.165, 1.54) is 0 Å². The molecule has 0 aliphatic rings. The Labute approximate surface area is 127 Å². The van der Waals surface area contributed by atoms with E-state index in [0.29, 0.717) is 6.54 Å². The molecule has 5 nitrogen and oxygen atoms in total. The first-order valence-electron chi connectivity index (χ1n) is 6.96. The van der Waals surface area contributed by atoms with Crippen molar-refractivity contribution >= 4 is 22.4 Å². The third-order valence-electron chi connectivity index (χ3n) is 3.41. The Balaban J connectivity index is 2.11. The number of aryl methyl sites for hydroxylation is 1. The zero-order valence-electron chi connectivity index (χ0n) is 12.2. The highest BCUT2D eigenvalue weighted by Crippen LogP contribution is 2.28. The summed E-state index contributed by atoms with van der Waals surface area (Å²) >= 11 is 1.64. The van der Waals surface area contributed by atoms with Crippen LogP contribution in [0.5, 0.6) is 5.75 Å². The van der Waals surface area contributed by atoms with Gasteiger partial charge in [-0.3, -0.25) is 0 Å². The standard InChI is InChI=1S/C15H18N4OS/c1-3-19-13-5-4-10(20-2)8-11(13)18-15(19)12-9-21-14(17-12)6-7-16/h4-5,8-9H,3,6-7,16H2,1-2H3. The second-order valence-electron chi connectivity index (χ2n) is 4.70. The molecule has 3 aromatic rings. The lowest BCUT2D eigenvalue weighted by Crippen LogP contribution is -2.02. The minimum Gasteiger partial charge on any atom is -0.497 e. The summed E-state index contributed by atoms with van der Waals surface area (Å²) in [7, 11) is 1.67. The summed E-state index contributed by atoms with van der Waals surface area (Å²) in [4.78, 5) is 9.37. The molecule has 0 saturated carbocycles. The number of hydrogen-bond donors (Lipinski definition) is 1. The number of methoxy groups -OCH3 is 1. The van der Waals surface area contributed by atoms with E-state index in [2.05, 4.69) is 21.9 Å². The summed E-state index contributed by atoms with van der Waals surface area (Å²) in [6.45, 7) is 3.58.